The summed E-state index contributed by atoms with van der Waals surface area (Å²) < 4.78 is 15.8. The first kappa shape index (κ1) is 25.1. The van der Waals surface area contributed by atoms with E-state index in [0.29, 0.717) is 45.5 Å². The molecule has 9 nitrogen and oxygen atoms in total. The van der Waals surface area contributed by atoms with Gasteiger partial charge in [0.2, 0.25) is 0 Å². The smallest absolute Gasteiger partial charge is 0.343 e. The SMILES string of the molecule is COc1ccc(C(=O)Oc2ccc(/C=N\NC(=O)c3cnc(-c4ccccc4)nc3C)cc2)cc1OC. The Morgan fingerprint density at radius 1 is 0.919 bits per heavy atom. The molecule has 9 heteroatoms. The van der Waals surface area contributed by atoms with Crippen LogP contribution in [0.2, 0.25) is 0 Å². The van der Waals surface area contributed by atoms with E-state index in [1.165, 1.54) is 26.6 Å². The Kier molecular flexibility index (Phi) is 7.85. The molecule has 0 spiro atoms. The van der Waals surface area contributed by atoms with Gasteiger partial charge in [-0.3, -0.25) is 4.79 Å². The van der Waals surface area contributed by atoms with Crippen LogP contribution in [-0.4, -0.2) is 42.3 Å². The monoisotopic (exact) mass is 496 g/mol. The third-order valence-electron chi connectivity index (χ3n) is 5.35. The highest BCUT2D eigenvalue weighted by atomic mass is 16.5. The lowest BCUT2D eigenvalue weighted by Gasteiger charge is -2.09. The molecule has 1 N–H and O–H groups in total. The summed E-state index contributed by atoms with van der Waals surface area (Å²) in [6.45, 7) is 1.74. The normalized spacial score (nSPS) is 10.7. The summed E-state index contributed by atoms with van der Waals surface area (Å²) in [4.78, 5) is 33.7. The Morgan fingerprint density at radius 3 is 2.32 bits per heavy atom. The number of aromatic nitrogens is 2. The fourth-order valence-electron chi connectivity index (χ4n) is 3.39. The maximum absolute atomic E-state index is 12.5. The third-order valence-corrected chi connectivity index (χ3v) is 5.35. The number of carbonyl (C=O) groups is 2. The third kappa shape index (κ3) is 6.15. The number of esters is 1. The van der Waals surface area contributed by atoms with Gasteiger partial charge >= 0.3 is 5.97 Å². The standard InChI is InChI=1S/C28H24N4O5/c1-18-23(17-29-26(31-18)20-7-5-4-6-8-20)27(33)32-30-16-19-9-12-22(13-10-19)37-28(34)21-11-14-24(35-2)25(15-21)36-3/h4-17H,1-3H3,(H,32,33)/b30-16-. The molecular formula is C28H24N4O5. The number of hydrogen-bond acceptors (Lipinski definition) is 8. The van der Waals surface area contributed by atoms with Crippen LogP contribution in [0.3, 0.4) is 0 Å². The second kappa shape index (κ2) is 11.6. The molecule has 0 aliphatic rings. The quantitative estimate of drug-likeness (QED) is 0.166. The Hall–Kier alpha value is -5.05. The molecule has 4 rings (SSSR count). The van der Waals surface area contributed by atoms with E-state index in [2.05, 4.69) is 20.5 Å². The average Bonchev–Trinajstić information content (AvgIpc) is 2.93. The number of hydrazone groups is 1. The lowest BCUT2D eigenvalue weighted by molar-refractivity contribution is 0.0734. The van der Waals surface area contributed by atoms with Gasteiger partial charge in [-0.15, -0.1) is 0 Å². The van der Waals surface area contributed by atoms with Gasteiger partial charge in [0, 0.05) is 11.8 Å². The molecule has 3 aromatic carbocycles. The number of ether oxygens (including phenoxy) is 3. The van der Waals surface area contributed by atoms with Crippen molar-refractivity contribution < 1.29 is 23.8 Å². The van der Waals surface area contributed by atoms with Crippen LogP contribution in [0.25, 0.3) is 11.4 Å². The van der Waals surface area contributed by atoms with Crippen molar-refractivity contribution in [2.75, 3.05) is 14.2 Å². The van der Waals surface area contributed by atoms with Gasteiger partial charge in [0.05, 0.1) is 37.3 Å². The summed E-state index contributed by atoms with van der Waals surface area (Å²) in [5.74, 6) is 0.887. The number of amides is 1. The molecule has 0 radical (unpaired) electrons. The Labute approximate surface area is 213 Å². The average molecular weight is 497 g/mol. The molecule has 37 heavy (non-hydrogen) atoms. The van der Waals surface area contributed by atoms with Crippen LogP contribution in [0.15, 0.2) is 84.1 Å². The van der Waals surface area contributed by atoms with Crippen molar-refractivity contribution in [2.45, 2.75) is 6.92 Å². The molecule has 1 amide bonds. The zero-order valence-corrected chi connectivity index (χ0v) is 20.5. The van der Waals surface area contributed by atoms with Gasteiger partial charge in [0.25, 0.3) is 5.91 Å². The molecule has 0 fully saturated rings. The minimum absolute atomic E-state index is 0.321. The maximum Gasteiger partial charge on any atom is 0.343 e. The second-order valence-corrected chi connectivity index (χ2v) is 7.79. The lowest BCUT2D eigenvalue weighted by Crippen LogP contribution is -2.19. The first-order valence-corrected chi connectivity index (χ1v) is 11.2. The molecule has 0 saturated heterocycles. The molecule has 1 heterocycles. The predicted molar refractivity (Wildman–Crippen MR) is 138 cm³/mol. The van der Waals surface area contributed by atoms with E-state index in [1.54, 1.807) is 49.4 Å². The highest BCUT2D eigenvalue weighted by Gasteiger charge is 2.14. The lowest BCUT2D eigenvalue weighted by atomic mass is 10.2. The second-order valence-electron chi connectivity index (χ2n) is 7.79. The van der Waals surface area contributed by atoms with Crippen molar-refractivity contribution in [2.24, 2.45) is 5.10 Å². The van der Waals surface area contributed by atoms with Gasteiger partial charge in [-0.05, 0) is 55.0 Å². The largest absolute Gasteiger partial charge is 0.493 e. The molecule has 0 atom stereocenters. The first-order valence-electron chi connectivity index (χ1n) is 11.2. The van der Waals surface area contributed by atoms with E-state index in [-0.39, 0.29) is 0 Å². The molecule has 0 aliphatic carbocycles. The zero-order chi connectivity index (χ0) is 26.2. The van der Waals surface area contributed by atoms with Crippen LogP contribution in [0.5, 0.6) is 17.2 Å². The van der Waals surface area contributed by atoms with Gasteiger partial charge in [-0.2, -0.15) is 5.10 Å². The minimum Gasteiger partial charge on any atom is -0.493 e. The Balaban J connectivity index is 1.35. The van der Waals surface area contributed by atoms with Crippen molar-refractivity contribution >= 4 is 18.1 Å². The number of rotatable bonds is 8. The van der Waals surface area contributed by atoms with Crippen LogP contribution in [0.4, 0.5) is 0 Å². The summed E-state index contributed by atoms with van der Waals surface area (Å²) in [5.41, 5.74) is 5.23. The molecule has 0 unspecified atom stereocenters. The van der Waals surface area contributed by atoms with E-state index >= 15 is 0 Å². The topological polar surface area (TPSA) is 112 Å². The van der Waals surface area contributed by atoms with Gasteiger partial charge in [0.1, 0.15) is 5.75 Å². The molecule has 186 valence electrons. The summed E-state index contributed by atoms with van der Waals surface area (Å²) in [6.07, 6.45) is 2.96. The van der Waals surface area contributed by atoms with Gasteiger partial charge in [-0.25, -0.2) is 20.2 Å². The van der Waals surface area contributed by atoms with Gasteiger partial charge in [-0.1, -0.05) is 30.3 Å². The molecule has 0 bridgehead atoms. The van der Waals surface area contributed by atoms with Crippen LogP contribution in [0, 0.1) is 6.92 Å². The maximum atomic E-state index is 12.5. The molecule has 0 aliphatic heterocycles. The van der Waals surface area contributed by atoms with Crippen LogP contribution in [0.1, 0.15) is 32.0 Å². The summed E-state index contributed by atoms with van der Waals surface area (Å²) >= 11 is 0. The molecule has 4 aromatic rings. The van der Waals surface area contributed by atoms with Crippen LogP contribution < -0.4 is 19.6 Å². The van der Waals surface area contributed by atoms with Crippen molar-refractivity contribution in [3.8, 4) is 28.6 Å². The van der Waals surface area contributed by atoms with Crippen molar-refractivity contribution in [3.05, 3.63) is 101 Å². The van der Waals surface area contributed by atoms with Crippen LogP contribution in [-0.2, 0) is 0 Å². The van der Waals surface area contributed by atoms with Crippen molar-refractivity contribution in [1.82, 2.24) is 15.4 Å². The number of benzene rings is 3. The number of hydrogen-bond donors (Lipinski definition) is 1. The van der Waals surface area contributed by atoms with Gasteiger partial charge in [0.15, 0.2) is 17.3 Å². The number of nitrogens with zero attached hydrogens (tertiary/aromatic N) is 3. The van der Waals surface area contributed by atoms with E-state index in [1.807, 2.05) is 30.3 Å². The van der Waals surface area contributed by atoms with E-state index in [4.69, 9.17) is 14.2 Å². The predicted octanol–water partition coefficient (Wildman–Crippen LogP) is 4.45. The number of aryl methyl sites for hydroxylation is 1. The number of carbonyl (C=O) groups excluding carboxylic acids is 2. The first-order chi connectivity index (χ1) is 18.0. The summed E-state index contributed by atoms with van der Waals surface area (Å²) in [5, 5.41) is 4.00. The van der Waals surface area contributed by atoms with Gasteiger partial charge < -0.3 is 14.2 Å². The molecule has 0 saturated carbocycles. The molecular weight excluding hydrogens is 472 g/mol. The molecule has 1 aromatic heterocycles. The Bertz CT molecular complexity index is 1440. The van der Waals surface area contributed by atoms with Crippen molar-refractivity contribution in [3.63, 3.8) is 0 Å². The summed E-state index contributed by atoms with van der Waals surface area (Å²) in [7, 11) is 3.01. The minimum atomic E-state index is -0.537. The number of methoxy groups -OCH3 is 2. The zero-order valence-electron chi connectivity index (χ0n) is 20.5. The van der Waals surface area contributed by atoms with E-state index in [9.17, 15) is 9.59 Å². The summed E-state index contributed by atoms with van der Waals surface area (Å²) in [6, 6.07) is 21.0. The number of nitrogens with one attached hydrogen (secondary N) is 1. The highest BCUT2D eigenvalue weighted by molar-refractivity contribution is 5.95. The van der Waals surface area contributed by atoms with Crippen LogP contribution >= 0.6 is 0 Å². The van der Waals surface area contributed by atoms with Crippen molar-refractivity contribution in [1.29, 1.82) is 0 Å². The van der Waals surface area contributed by atoms with E-state index in [0.717, 1.165) is 5.56 Å². The fraction of sp³-hybridized carbons (Fsp3) is 0.107. The fourth-order valence-corrected chi connectivity index (χ4v) is 3.39. The Morgan fingerprint density at radius 2 is 1.65 bits per heavy atom. The highest BCUT2D eigenvalue weighted by Crippen LogP contribution is 2.28. The van der Waals surface area contributed by atoms with E-state index < -0.39 is 11.9 Å².